The summed E-state index contributed by atoms with van der Waals surface area (Å²) in [6.07, 6.45) is 2.22. The summed E-state index contributed by atoms with van der Waals surface area (Å²) in [5.74, 6) is 0. The molecule has 23 heavy (non-hydrogen) atoms. The lowest BCUT2D eigenvalue weighted by molar-refractivity contribution is 0.388. The summed E-state index contributed by atoms with van der Waals surface area (Å²) >= 11 is 0. The highest BCUT2D eigenvalue weighted by molar-refractivity contribution is 5.91. The molecule has 0 saturated heterocycles. The van der Waals surface area contributed by atoms with Crippen LogP contribution in [0.3, 0.4) is 0 Å². The molecular formula is C21H26N2. The molecule has 0 aliphatic carbocycles. The molecule has 2 heteroatoms. The minimum absolute atomic E-state index is 1.06. The Labute approximate surface area is 139 Å². The van der Waals surface area contributed by atoms with Gasteiger partial charge in [0.1, 0.15) is 0 Å². The molecule has 0 fully saturated rings. The van der Waals surface area contributed by atoms with Gasteiger partial charge in [-0.05, 0) is 50.7 Å². The summed E-state index contributed by atoms with van der Waals surface area (Å²) in [5, 5.41) is 1.40. The molecule has 0 saturated carbocycles. The lowest BCUT2D eigenvalue weighted by Crippen LogP contribution is -2.15. The van der Waals surface area contributed by atoms with Crippen molar-refractivity contribution in [2.24, 2.45) is 0 Å². The van der Waals surface area contributed by atoms with E-state index >= 15 is 0 Å². The molecule has 2 aromatic carbocycles. The first-order chi connectivity index (χ1) is 11.2. The predicted octanol–water partition coefficient (Wildman–Crippen LogP) is 4.82. The molecule has 0 atom stereocenters. The van der Waals surface area contributed by atoms with Crippen molar-refractivity contribution in [1.29, 1.82) is 0 Å². The zero-order valence-electron chi connectivity index (χ0n) is 14.4. The van der Waals surface area contributed by atoms with Crippen molar-refractivity contribution in [3.63, 3.8) is 0 Å². The van der Waals surface area contributed by atoms with Gasteiger partial charge in [0.25, 0.3) is 0 Å². The quantitative estimate of drug-likeness (QED) is 0.633. The van der Waals surface area contributed by atoms with Crippen LogP contribution in [-0.4, -0.2) is 30.1 Å². The topological polar surface area (TPSA) is 8.17 Å². The molecule has 0 aliphatic heterocycles. The van der Waals surface area contributed by atoms with Crippen LogP contribution in [-0.2, 0) is 13.0 Å². The van der Waals surface area contributed by atoms with Gasteiger partial charge in [0.2, 0.25) is 0 Å². The van der Waals surface area contributed by atoms with Gasteiger partial charge in [-0.1, -0.05) is 55.5 Å². The Kier molecular flexibility index (Phi) is 4.82. The van der Waals surface area contributed by atoms with Gasteiger partial charge in [-0.2, -0.15) is 0 Å². The highest BCUT2D eigenvalue weighted by Crippen LogP contribution is 2.34. The van der Waals surface area contributed by atoms with E-state index in [1.54, 1.807) is 0 Å². The zero-order chi connectivity index (χ0) is 16.2. The summed E-state index contributed by atoms with van der Waals surface area (Å²) in [4.78, 5) is 2.26. The van der Waals surface area contributed by atoms with Gasteiger partial charge in [-0.25, -0.2) is 0 Å². The summed E-state index contributed by atoms with van der Waals surface area (Å²) < 4.78 is 2.52. The molecule has 2 nitrogen and oxygen atoms in total. The van der Waals surface area contributed by atoms with E-state index in [0.29, 0.717) is 0 Å². The van der Waals surface area contributed by atoms with Crippen LogP contribution in [0.2, 0.25) is 0 Å². The second kappa shape index (κ2) is 7.01. The molecule has 0 amide bonds. The first-order valence-electron chi connectivity index (χ1n) is 8.52. The Morgan fingerprint density at radius 3 is 2.30 bits per heavy atom. The van der Waals surface area contributed by atoms with Crippen molar-refractivity contribution < 1.29 is 0 Å². The van der Waals surface area contributed by atoms with Crippen LogP contribution in [0, 0.1) is 0 Å². The molecule has 0 radical (unpaired) electrons. The third-order valence-electron chi connectivity index (χ3n) is 4.46. The molecule has 0 spiro atoms. The van der Waals surface area contributed by atoms with Crippen molar-refractivity contribution in [2.75, 3.05) is 20.6 Å². The number of hydrogen-bond donors (Lipinski definition) is 0. The number of hydrogen-bond acceptors (Lipinski definition) is 1. The smallest absolute Gasteiger partial charge is 0.0523 e. The van der Waals surface area contributed by atoms with Gasteiger partial charge < -0.3 is 9.47 Å². The highest BCUT2D eigenvalue weighted by Gasteiger charge is 2.16. The van der Waals surface area contributed by atoms with Crippen LogP contribution >= 0.6 is 0 Å². The molecular weight excluding hydrogens is 280 g/mol. The van der Waals surface area contributed by atoms with Crippen LogP contribution in [0.15, 0.2) is 54.6 Å². The number of benzene rings is 2. The number of para-hydroxylation sites is 1. The highest BCUT2D eigenvalue weighted by atomic mass is 15.1. The van der Waals surface area contributed by atoms with E-state index in [2.05, 4.69) is 85.1 Å². The van der Waals surface area contributed by atoms with Crippen LogP contribution < -0.4 is 0 Å². The van der Waals surface area contributed by atoms with Crippen LogP contribution in [0.1, 0.15) is 18.9 Å². The van der Waals surface area contributed by atoms with E-state index in [0.717, 1.165) is 25.9 Å². The van der Waals surface area contributed by atoms with Crippen molar-refractivity contribution in [1.82, 2.24) is 9.47 Å². The Morgan fingerprint density at radius 1 is 0.913 bits per heavy atom. The summed E-state index contributed by atoms with van der Waals surface area (Å²) in [6.45, 7) is 4.43. The molecule has 3 rings (SSSR count). The minimum atomic E-state index is 1.06. The van der Waals surface area contributed by atoms with Crippen LogP contribution in [0.25, 0.3) is 22.2 Å². The summed E-state index contributed by atoms with van der Waals surface area (Å²) in [6, 6.07) is 19.7. The Morgan fingerprint density at radius 2 is 1.61 bits per heavy atom. The van der Waals surface area contributed by atoms with E-state index in [-0.39, 0.29) is 0 Å². The number of aromatic nitrogens is 1. The average molecular weight is 306 g/mol. The number of rotatable bonds is 6. The van der Waals surface area contributed by atoms with Gasteiger partial charge in [0.05, 0.1) is 5.69 Å². The van der Waals surface area contributed by atoms with Gasteiger partial charge in [0.15, 0.2) is 0 Å². The molecule has 120 valence electrons. The van der Waals surface area contributed by atoms with E-state index in [1.165, 1.54) is 27.7 Å². The zero-order valence-corrected chi connectivity index (χ0v) is 14.4. The molecule has 0 N–H and O–H groups in total. The third-order valence-corrected chi connectivity index (χ3v) is 4.46. The molecule has 0 aliphatic rings. The van der Waals surface area contributed by atoms with Crippen molar-refractivity contribution in [3.8, 4) is 11.3 Å². The fourth-order valence-electron chi connectivity index (χ4n) is 3.44. The second-order valence-corrected chi connectivity index (χ2v) is 6.37. The van der Waals surface area contributed by atoms with Gasteiger partial charge in [-0.3, -0.25) is 0 Å². The third kappa shape index (κ3) is 3.18. The first-order valence-corrected chi connectivity index (χ1v) is 8.52. The van der Waals surface area contributed by atoms with Crippen molar-refractivity contribution in [3.05, 3.63) is 60.2 Å². The second-order valence-electron chi connectivity index (χ2n) is 6.37. The van der Waals surface area contributed by atoms with Crippen molar-refractivity contribution >= 4 is 10.9 Å². The average Bonchev–Trinajstić information content (AvgIpc) is 2.89. The maximum atomic E-state index is 2.52. The van der Waals surface area contributed by atoms with Crippen LogP contribution in [0.4, 0.5) is 0 Å². The Balaban J connectivity index is 2.14. The van der Waals surface area contributed by atoms with E-state index in [1.807, 2.05) is 0 Å². The molecule has 0 unspecified atom stereocenters. The fraction of sp³-hybridized carbons (Fsp3) is 0.333. The first kappa shape index (κ1) is 15.8. The van der Waals surface area contributed by atoms with Gasteiger partial charge >= 0.3 is 0 Å². The predicted molar refractivity (Wildman–Crippen MR) is 99.9 cm³/mol. The number of fused-ring (bicyclic) bond motifs is 1. The molecule has 1 aromatic heterocycles. The largest absolute Gasteiger partial charge is 0.340 e. The Hall–Kier alpha value is -2.06. The summed E-state index contributed by atoms with van der Waals surface area (Å²) in [5.41, 5.74) is 5.55. The number of nitrogens with zero attached hydrogens (tertiary/aromatic N) is 2. The number of aryl methyl sites for hydroxylation is 2. The molecule has 1 heterocycles. The maximum Gasteiger partial charge on any atom is 0.0523 e. The normalized spacial score (nSPS) is 11.5. The van der Waals surface area contributed by atoms with Crippen LogP contribution in [0.5, 0.6) is 0 Å². The van der Waals surface area contributed by atoms with E-state index in [4.69, 9.17) is 0 Å². The lowest BCUT2D eigenvalue weighted by atomic mass is 10.0. The minimum Gasteiger partial charge on any atom is -0.340 e. The van der Waals surface area contributed by atoms with Gasteiger partial charge in [0, 0.05) is 17.4 Å². The van der Waals surface area contributed by atoms with E-state index < -0.39 is 0 Å². The summed E-state index contributed by atoms with van der Waals surface area (Å²) in [7, 11) is 4.28. The fourth-order valence-corrected chi connectivity index (χ4v) is 3.44. The molecule has 0 bridgehead atoms. The van der Waals surface area contributed by atoms with E-state index in [9.17, 15) is 0 Å². The Bertz CT molecular complexity index is 769. The lowest BCUT2D eigenvalue weighted by Gasteiger charge is -2.14. The van der Waals surface area contributed by atoms with Crippen molar-refractivity contribution in [2.45, 2.75) is 26.3 Å². The SMILES string of the molecule is CCc1c(-c2ccccc2)n(CCCN(C)C)c2ccccc12. The standard InChI is InChI=1S/C21H26N2/c1-4-18-19-13-8-9-14-20(19)23(16-10-15-22(2)3)21(18)17-11-6-5-7-12-17/h5-9,11-14H,4,10,15-16H2,1-3H3. The molecule has 3 aromatic rings. The van der Waals surface area contributed by atoms with Gasteiger partial charge in [-0.15, -0.1) is 0 Å². The monoisotopic (exact) mass is 306 g/mol. The maximum absolute atomic E-state index is 2.52.